The molecule has 0 radical (unpaired) electrons. The third-order valence-electron chi connectivity index (χ3n) is 4.50. The lowest BCUT2D eigenvalue weighted by Crippen LogP contribution is -2.38. The number of hydrogen-bond acceptors (Lipinski definition) is 1. The summed E-state index contributed by atoms with van der Waals surface area (Å²) in [4.78, 5) is 14.1. The SMILES string of the molecule is CC(CBr)N(C)C(=O)C1C(C)(C)C1(C)C. The van der Waals surface area contributed by atoms with E-state index in [-0.39, 0.29) is 28.7 Å². The van der Waals surface area contributed by atoms with Gasteiger partial charge in [0.1, 0.15) is 0 Å². The Kier molecular flexibility index (Phi) is 3.26. The van der Waals surface area contributed by atoms with Gasteiger partial charge in [-0.05, 0) is 17.8 Å². The molecule has 1 aliphatic rings. The molecule has 1 aliphatic carbocycles. The van der Waals surface area contributed by atoms with Gasteiger partial charge in [0.05, 0.1) is 0 Å². The topological polar surface area (TPSA) is 20.3 Å². The zero-order valence-corrected chi connectivity index (χ0v) is 12.2. The second-order valence-corrected chi connectivity index (χ2v) is 6.48. The Morgan fingerprint density at radius 3 is 2.00 bits per heavy atom. The van der Waals surface area contributed by atoms with Crippen LogP contribution in [-0.2, 0) is 4.79 Å². The molecule has 0 aromatic rings. The van der Waals surface area contributed by atoms with E-state index >= 15 is 0 Å². The van der Waals surface area contributed by atoms with Gasteiger partial charge in [-0.1, -0.05) is 43.6 Å². The Bertz CT molecular complexity index is 259. The molecule has 1 atom stereocenters. The Hall–Kier alpha value is -0.0500. The third kappa shape index (κ3) is 1.83. The normalized spacial score (nSPS) is 24.7. The van der Waals surface area contributed by atoms with Crippen LogP contribution in [-0.4, -0.2) is 29.2 Å². The number of carbonyl (C=O) groups excluding carboxylic acids is 1. The van der Waals surface area contributed by atoms with Crippen LogP contribution >= 0.6 is 15.9 Å². The number of halogens is 1. The smallest absolute Gasteiger partial charge is 0.226 e. The van der Waals surface area contributed by atoms with E-state index in [1.165, 1.54) is 0 Å². The molecule has 0 spiro atoms. The van der Waals surface area contributed by atoms with Crippen molar-refractivity contribution < 1.29 is 4.79 Å². The molecule has 0 saturated heterocycles. The standard InChI is InChI=1S/C12H22BrNO/c1-8(7-13)14(6)10(15)9-11(2,3)12(9,4)5/h8-9H,7H2,1-6H3. The van der Waals surface area contributed by atoms with Crippen LogP contribution in [0.5, 0.6) is 0 Å². The second kappa shape index (κ2) is 3.76. The first kappa shape index (κ1) is 13.0. The quantitative estimate of drug-likeness (QED) is 0.726. The van der Waals surface area contributed by atoms with Gasteiger partial charge >= 0.3 is 0 Å². The van der Waals surface area contributed by atoms with Crippen molar-refractivity contribution in [1.29, 1.82) is 0 Å². The number of hydrogen-bond donors (Lipinski definition) is 0. The van der Waals surface area contributed by atoms with Crippen molar-refractivity contribution in [2.45, 2.75) is 40.7 Å². The van der Waals surface area contributed by atoms with E-state index < -0.39 is 0 Å². The van der Waals surface area contributed by atoms with Gasteiger partial charge in [0, 0.05) is 24.3 Å². The molecular weight excluding hydrogens is 254 g/mol. The summed E-state index contributed by atoms with van der Waals surface area (Å²) in [7, 11) is 1.90. The fourth-order valence-corrected chi connectivity index (χ4v) is 2.77. The fraction of sp³-hybridized carbons (Fsp3) is 0.917. The predicted molar refractivity (Wildman–Crippen MR) is 67.1 cm³/mol. The average Bonchev–Trinajstić information content (AvgIpc) is 2.54. The average molecular weight is 276 g/mol. The van der Waals surface area contributed by atoms with Crippen molar-refractivity contribution in [1.82, 2.24) is 4.90 Å². The summed E-state index contributed by atoms with van der Waals surface area (Å²) in [6.45, 7) is 10.8. The van der Waals surface area contributed by atoms with Crippen molar-refractivity contribution in [3.05, 3.63) is 0 Å². The van der Waals surface area contributed by atoms with Crippen molar-refractivity contribution in [3.8, 4) is 0 Å². The van der Waals surface area contributed by atoms with E-state index in [1.54, 1.807) is 0 Å². The van der Waals surface area contributed by atoms with Gasteiger partial charge in [-0.2, -0.15) is 0 Å². The van der Waals surface area contributed by atoms with Crippen LogP contribution in [0.15, 0.2) is 0 Å². The zero-order chi connectivity index (χ0) is 12.0. The van der Waals surface area contributed by atoms with E-state index in [0.29, 0.717) is 0 Å². The molecule has 0 N–H and O–H groups in total. The molecule has 3 heteroatoms. The van der Waals surface area contributed by atoms with Crippen LogP contribution < -0.4 is 0 Å². The maximum atomic E-state index is 12.2. The van der Waals surface area contributed by atoms with Crippen LogP contribution in [0.25, 0.3) is 0 Å². The number of rotatable bonds is 3. The molecule has 0 heterocycles. The van der Waals surface area contributed by atoms with Crippen LogP contribution in [0.1, 0.15) is 34.6 Å². The summed E-state index contributed by atoms with van der Waals surface area (Å²) in [6, 6.07) is 0.268. The second-order valence-electron chi connectivity index (χ2n) is 5.83. The van der Waals surface area contributed by atoms with Crippen LogP contribution in [0.3, 0.4) is 0 Å². The fourth-order valence-electron chi connectivity index (χ4n) is 2.34. The van der Waals surface area contributed by atoms with Gasteiger partial charge in [0.2, 0.25) is 5.91 Å². The van der Waals surface area contributed by atoms with Gasteiger partial charge in [-0.25, -0.2) is 0 Å². The van der Waals surface area contributed by atoms with E-state index in [0.717, 1.165) is 5.33 Å². The Morgan fingerprint density at radius 2 is 1.73 bits per heavy atom. The lowest BCUT2D eigenvalue weighted by atomic mass is 10.0. The van der Waals surface area contributed by atoms with Crippen molar-refractivity contribution in [3.63, 3.8) is 0 Å². The molecule has 1 amide bonds. The maximum Gasteiger partial charge on any atom is 0.226 e. The van der Waals surface area contributed by atoms with E-state index in [2.05, 4.69) is 50.5 Å². The molecule has 0 aromatic carbocycles. The molecule has 15 heavy (non-hydrogen) atoms. The Morgan fingerprint density at radius 1 is 1.33 bits per heavy atom. The maximum absolute atomic E-state index is 12.2. The summed E-state index contributed by atoms with van der Waals surface area (Å²) in [5.41, 5.74) is 0.286. The molecule has 1 saturated carbocycles. The van der Waals surface area contributed by atoms with Gasteiger partial charge < -0.3 is 4.90 Å². The minimum Gasteiger partial charge on any atom is -0.342 e. The zero-order valence-electron chi connectivity index (χ0n) is 10.6. The van der Waals surface area contributed by atoms with Crippen molar-refractivity contribution in [2.24, 2.45) is 16.7 Å². The minimum absolute atomic E-state index is 0.143. The number of nitrogens with zero attached hydrogens (tertiary/aromatic N) is 1. The molecule has 0 bridgehead atoms. The molecular formula is C12H22BrNO. The summed E-state index contributed by atoms with van der Waals surface area (Å²) in [5, 5.41) is 0.836. The van der Waals surface area contributed by atoms with Crippen LogP contribution in [0, 0.1) is 16.7 Å². The number of carbonyl (C=O) groups is 1. The van der Waals surface area contributed by atoms with Gasteiger partial charge in [-0.15, -0.1) is 0 Å². The van der Waals surface area contributed by atoms with E-state index in [4.69, 9.17) is 0 Å². The van der Waals surface area contributed by atoms with Gasteiger partial charge in [0.15, 0.2) is 0 Å². The van der Waals surface area contributed by atoms with Crippen molar-refractivity contribution in [2.75, 3.05) is 12.4 Å². The van der Waals surface area contributed by atoms with Crippen molar-refractivity contribution >= 4 is 21.8 Å². The molecule has 1 fully saturated rings. The highest BCUT2D eigenvalue weighted by Crippen LogP contribution is 2.68. The van der Waals surface area contributed by atoms with E-state index in [1.807, 2.05) is 11.9 Å². The highest BCUT2D eigenvalue weighted by atomic mass is 79.9. The first-order valence-electron chi connectivity index (χ1n) is 5.50. The molecule has 88 valence electrons. The number of alkyl halides is 1. The molecule has 2 nitrogen and oxygen atoms in total. The highest BCUT2D eigenvalue weighted by Gasteiger charge is 2.68. The van der Waals surface area contributed by atoms with Gasteiger partial charge in [0.25, 0.3) is 0 Å². The summed E-state index contributed by atoms with van der Waals surface area (Å²) in [6.07, 6.45) is 0. The molecule has 1 rings (SSSR count). The van der Waals surface area contributed by atoms with Gasteiger partial charge in [-0.3, -0.25) is 4.79 Å². The summed E-state index contributed by atoms with van der Waals surface area (Å²) >= 11 is 3.42. The highest BCUT2D eigenvalue weighted by molar-refractivity contribution is 9.09. The first-order valence-corrected chi connectivity index (χ1v) is 6.62. The number of amides is 1. The lowest BCUT2D eigenvalue weighted by molar-refractivity contribution is -0.133. The largest absolute Gasteiger partial charge is 0.342 e. The monoisotopic (exact) mass is 275 g/mol. The summed E-state index contributed by atoms with van der Waals surface area (Å²) in [5.74, 6) is 0.466. The molecule has 0 aromatic heterocycles. The van der Waals surface area contributed by atoms with Crippen LogP contribution in [0.4, 0.5) is 0 Å². The molecule has 0 aliphatic heterocycles. The Labute approximate surface area is 102 Å². The Balaban J connectivity index is 2.73. The third-order valence-corrected chi connectivity index (χ3v) is 5.44. The molecule has 1 unspecified atom stereocenters. The first-order chi connectivity index (χ1) is 6.67. The minimum atomic E-state index is 0.143. The predicted octanol–water partition coefficient (Wildman–Crippen LogP) is 2.91. The lowest BCUT2D eigenvalue weighted by Gasteiger charge is -2.24. The summed E-state index contributed by atoms with van der Waals surface area (Å²) < 4.78 is 0. The van der Waals surface area contributed by atoms with Crippen LogP contribution in [0.2, 0.25) is 0 Å². The van der Waals surface area contributed by atoms with E-state index in [9.17, 15) is 4.79 Å².